The highest BCUT2D eigenvalue weighted by molar-refractivity contribution is 7.14. The third-order valence-electron chi connectivity index (χ3n) is 4.84. The number of hydrogen-bond donors (Lipinski definition) is 0. The van der Waals surface area contributed by atoms with Crippen molar-refractivity contribution in [2.24, 2.45) is 5.10 Å². The summed E-state index contributed by atoms with van der Waals surface area (Å²) in [4.78, 5) is 9.20. The van der Waals surface area contributed by atoms with Crippen molar-refractivity contribution in [3.8, 4) is 11.3 Å². The standard InChI is InChI=1S/C23H18N4S/c1-3-8-17(9-4-1)20-14-22(19-12-7-13-24-15-19)27(26-20)23-25-21(16-28-23)18-10-5-2-6-11-18/h1-13,15-16,22H,14H2. The molecule has 0 saturated heterocycles. The Morgan fingerprint density at radius 2 is 1.61 bits per heavy atom. The molecule has 4 nitrogen and oxygen atoms in total. The zero-order chi connectivity index (χ0) is 18.8. The van der Waals surface area contributed by atoms with Crippen LogP contribution in [0.25, 0.3) is 11.3 Å². The van der Waals surface area contributed by atoms with Gasteiger partial charge in [0.2, 0.25) is 5.13 Å². The van der Waals surface area contributed by atoms with E-state index < -0.39 is 0 Å². The van der Waals surface area contributed by atoms with E-state index in [4.69, 9.17) is 10.1 Å². The van der Waals surface area contributed by atoms with Crippen LogP contribution >= 0.6 is 11.3 Å². The fourth-order valence-electron chi connectivity index (χ4n) is 3.44. The molecule has 1 aliphatic heterocycles. The van der Waals surface area contributed by atoms with Crippen molar-refractivity contribution in [2.75, 3.05) is 5.01 Å². The van der Waals surface area contributed by atoms with Crippen molar-refractivity contribution in [3.63, 3.8) is 0 Å². The number of rotatable bonds is 4. The van der Waals surface area contributed by atoms with Crippen molar-refractivity contribution in [1.29, 1.82) is 0 Å². The lowest BCUT2D eigenvalue weighted by Crippen LogP contribution is -2.18. The number of nitrogens with zero attached hydrogens (tertiary/aromatic N) is 4. The van der Waals surface area contributed by atoms with Crippen molar-refractivity contribution in [2.45, 2.75) is 12.5 Å². The maximum atomic E-state index is 4.96. The van der Waals surface area contributed by atoms with Gasteiger partial charge in [-0.25, -0.2) is 9.99 Å². The second-order valence-corrected chi connectivity index (χ2v) is 7.48. The molecule has 28 heavy (non-hydrogen) atoms. The van der Waals surface area contributed by atoms with Crippen LogP contribution in [-0.2, 0) is 0 Å². The number of hydrazone groups is 1. The van der Waals surface area contributed by atoms with Crippen molar-refractivity contribution in [1.82, 2.24) is 9.97 Å². The molecule has 0 fully saturated rings. The van der Waals surface area contributed by atoms with E-state index in [0.29, 0.717) is 0 Å². The summed E-state index contributed by atoms with van der Waals surface area (Å²) in [6, 6.07) is 24.8. The summed E-state index contributed by atoms with van der Waals surface area (Å²) in [5.74, 6) is 0. The van der Waals surface area contributed by atoms with Crippen LogP contribution < -0.4 is 5.01 Å². The fourth-order valence-corrected chi connectivity index (χ4v) is 4.27. The maximum absolute atomic E-state index is 4.96. The van der Waals surface area contributed by atoms with E-state index in [2.05, 4.69) is 57.8 Å². The molecule has 1 atom stereocenters. The lowest BCUT2D eigenvalue weighted by molar-refractivity contribution is 0.703. The van der Waals surface area contributed by atoms with E-state index in [1.54, 1.807) is 17.5 Å². The number of aromatic nitrogens is 2. The van der Waals surface area contributed by atoms with E-state index in [9.17, 15) is 0 Å². The van der Waals surface area contributed by atoms with Gasteiger partial charge in [-0.3, -0.25) is 4.98 Å². The summed E-state index contributed by atoms with van der Waals surface area (Å²) < 4.78 is 0. The van der Waals surface area contributed by atoms with Gasteiger partial charge >= 0.3 is 0 Å². The first-order valence-electron chi connectivity index (χ1n) is 9.21. The smallest absolute Gasteiger partial charge is 0.207 e. The van der Waals surface area contributed by atoms with Crippen LogP contribution in [0, 0.1) is 0 Å². The Hall–Kier alpha value is -3.31. The summed E-state index contributed by atoms with van der Waals surface area (Å²) in [6.45, 7) is 0. The van der Waals surface area contributed by atoms with Crippen LogP contribution in [-0.4, -0.2) is 15.7 Å². The molecule has 0 N–H and O–H groups in total. The van der Waals surface area contributed by atoms with E-state index in [1.165, 1.54) is 0 Å². The second kappa shape index (κ2) is 7.37. The zero-order valence-corrected chi connectivity index (χ0v) is 16.0. The Kier molecular flexibility index (Phi) is 4.43. The van der Waals surface area contributed by atoms with Gasteiger partial charge in [0.15, 0.2) is 0 Å². The Balaban J connectivity index is 1.54. The van der Waals surface area contributed by atoms with Gasteiger partial charge in [-0.05, 0) is 17.2 Å². The normalized spacial score (nSPS) is 16.2. The van der Waals surface area contributed by atoms with Crippen LogP contribution in [0.5, 0.6) is 0 Å². The molecule has 0 amide bonds. The topological polar surface area (TPSA) is 41.4 Å². The Bertz CT molecular complexity index is 1090. The molecule has 4 aromatic rings. The van der Waals surface area contributed by atoms with Crippen LogP contribution in [0.2, 0.25) is 0 Å². The van der Waals surface area contributed by atoms with Crippen LogP contribution in [0.15, 0.2) is 95.7 Å². The zero-order valence-electron chi connectivity index (χ0n) is 15.1. The highest BCUT2D eigenvalue weighted by Crippen LogP contribution is 2.39. The minimum atomic E-state index is 0.0960. The highest BCUT2D eigenvalue weighted by Gasteiger charge is 2.31. The van der Waals surface area contributed by atoms with E-state index in [1.807, 2.05) is 36.5 Å². The lowest BCUT2D eigenvalue weighted by atomic mass is 10.00. The van der Waals surface area contributed by atoms with Gasteiger partial charge in [-0.15, -0.1) is 11.3 Å². The van der Waals surface area contributed by atoms with E-state index in [-0.39, 0.29) is 6.04 Å². The SMILES string of the molecule is c1ccc(C2=NN(c3nc(-c4ccccc4)cs3)C(c3cccnc3)C2)cc1. The van der Waals surface area contributed by atoms with E-state index >= 15 is 0 Å². The van der Waals surface area contributed by atoms with Gasteiger partial charge < -0.3 is 0 Å². The summed E-state index contributed by atoms with van der Waals surface area (Å²) >= 11 is 1.62. The maximum Gasteiger partial charge on any atom is 0.207 e. The minimum Gasteiger partial charge on any atom is -0.264 e. The second-order valence-electron chi connectivity index (χ2n) is 6.64. The molecule has 5 rings (SSSR count). The van der Waals surface area contributed by atoms with Gasteiger partial charge in [0.25, 0.3) is 0 Å². The molecule has 136 valence electrons. The van der Waals surface area contributed by atoms with Crippen LogP contribution in [0.3, 0.4) is 0 Å². The van der Waals surface area contributed by atoms with Crippen molar-refractivity contribution >= 4 is 22.2 Å². The molecule has 1 aliphatic rings. The van der Waals surface area contributed by atoms with Crippen LogP contribution in [0.4, 0.5) is 5.13 Å². The van der Waals surface area contributed by atoms with Gasteiger partial charge in [-0.1, -0.05) is 66.7 Å². The number of hydrogen-bond acceptors (Lipinski definition) is 5. The number of pyridine rings is 1. The van der Waals surface area contributed by atoms with Gasteiger partial charge in [0.1, 0.15) is 0 Å². The molecule has 3 heterocycles. The Morgan fingerprint density at radius 3 is 2.32 bits per heavy atom. The van der Waals surface area contributed by atoms with Crippen molar-refractivity contribution < 1.29 is 0 Å². The Morgan fingerprint density at radius 1 is 0.857 bits per heavy atom. The highest BCUT2D eigenvalue weighted by atomic mass is 32.1. The van der Waals surface area contributed by atoms with Gasteiger partial charge in [0.05, 0.1) is 17.4 Å². The van der Waals surface area contributed by atoms with Crippen LogP contribution in [0.1, 0.15) is 23.6 Å². The monoisotopic (exact) mass is 382 g/mol. The fraction of sp³-hybridized carbons (Fsp3) is 0.0870. The molecule has 0 saturated carbocycles. The third kappa shape index (κ3) is 3.21. The average Bonchev–Trinajstić information content (AvgIpc) is 3.43. The molecule has 2 aromatic carbocycles. The summed E-state index contributed by atoms with van der Waals surface area (Å²) in [5, 5.41) is 10.0. The molecule has 0 radical (unpaired) electrons. The largest absolute Gasteiger partial charge is 0.264 e. The predicted molar refractivity (Wildman–Crippen MR) is 115 cm³/mol. The molecular formula is C23H18N4S. The molecule has 0 spiro atoms. The van der Waals surface area contributed by atoms with E-state index in [0.717, 1.165) is 39.6 Å². The molecule has 1 unspecified atom stereocenters. The molecule has 5 heteroatoms. The summed E-state index contributed by atoms with van der Waals surface area (Å²) in [7, 11) is 0. The number of benzene rings is 2. The Labute approximate surface area is 167 Å². The number of anilines is 1. The lowest BCUT2D eigenvalue weighted by Gasteiger charge is -2.20. The predicted octanol–water partition coefficient (Wildman–Crippen LogP) is 5.56. The van der Waals surface area contributed by atoms with Gasteiger partial charge in [0, 0.05) is 29.8 Å². The van der Waals surface area contributed by atoms with Gasteiger partial charge in [-0.2, -0.15) is 5.10 Å². The molecule has 0 aliphatic carbocycles. The first-order valence-corrected chi connectivity index (χ1v) is 10.1. The first kappa shape index (κ1) is 16.8. The number of thiazole rings is 1. The average molecular weight is 382 g/mol. The minimum absolute atomic E-state index is 0.0960. The first-order chi connectivity index (χ1) is 13.9. The molecule has 0 bridgehead atoms. The summed E-state index contributed by atoms with van der Waals surface area (Å²) in [6.07, 6.45) is 4.56. The quantitative estimate of drug-likeness (QED) is 0.464. The third-order valence-corrected chi connectivity index (χ3v) is 5.67. The summed E-state index contributed by atoms with van der Waals surface area (Å²) in [5.41, 5.74) is 5.47. The molecule has 2 aromatic heterocycles. The van der Waals surface area contributed by atoms with Crippen molar-refractivity contribution in [3.05, 3.63) is 102 Å². The molecular weight excluding hydrogens is 364 g/mol.